The summed E-state index contributed by atoms with van der Waals surface area (Å²) in [4.78, 5) is 13.0. The number of carbonyl (C=O) groups is 1. The fourth-order valence-corrected chi connectivity index (χ4v) is 2.28. The summed E-state index contributed by atoms with van der Waals surface area (Å²) in [5, 5.41) is 2.63. The predicted octanol–water partition coefficient (Wildman–Crippen LogP) is 0.861. The highest BCUT2D eigenvalue weighted by atomic mass is 32.2. The molecule has 0 aliphatic rings. The van der Waals surface area contributed by atoms with Crippen molar-refractivity contribution < 1.29 is 13.2 Å². The zero-order chi connectivity index (χ0) is 13.1. The van der Waals surface area contributed by atoms with Crippen molar-refractivity contribution in [2.24, 2.45) is 0 Å². The molecular weight excluding hydrogens is 240 g/mol. The summed E-state index contributed by atoms with van der Waals surface area (Å²) in [6, 6.07) is 6.37. The van der Waals surface area contributed by atoms with Crippen molar-refractivity contribution in [2.75, 3.05) is 20.4 Å². The topological polar surface area (TPSA) is 66.5 Å². The Bertz CT molecular complexity index is 509. The first kappa shape index (κ1) is 13.5. The number of benzene rings is 1. The summed E-state index contributed by atoms with van der Waals surface area (Å²) >= 11 is 0. The number of nitrogens with zero attached hydrogens (tertiary/aromatic N) is 1. The van der Waals surface area contributed by atoms with Gasteiger partial charge in [0, 0.05) is 26.9 Å². The number of carbonyl (C=O) groups excluding carboxylic acids is 1. The fraction of sp³-hybridized carbons (Fsp3) is 0.364. The van der Waals surface area contributed by atoms with Crippen LogP contribution in [0.3, 0.4) is 0 Å². The van der Waals surface area contributed by atoms with Crippen LogP contribution < -0.4 is 5.32 Å². The summed E-state index contributed by atoms with van der Waals surface area (Å²) < 4.78 is 23.0. The van der Waals surface area contributed by atoms with E-state index in [0.717, 1.165) is 6.26 Å². The fourth-order valence-electron chi connectivity index (χ4n) is 1.34. The summed E-state index contributed by atoms with van der Waals surface area (Å²) in [6.07, 6.45) is 1.15. The minimum absolute atomic E-state index is 0.195. The molecule has 0 saturated heterocycles. The third kappa shape index (κ3) is 3.74. The Morgan fingerprint density at radius 1 is 1.29 bits per heavy atom. The molecular formula is C11H16N2O3S. The quantitative estimate of drug-likeness (QED) is 0.872. The standard InChI is InChI=1S/C11H16N2O3S/c1-13(2)11(14)12-8-9-6-4-5-7-10(9)17(3,15)16/h4-7H,8H2,1-3H3,(H,12,14). The van der Waals surface area contributed by atoms with Crippen molar-refractivity contribution >= 4 is 15.9 Å². The number of urea groups is 1. The van der Waals surface area contributed by atoms with Gasteiger partial charge in [0.1, 0.15) is 0 Å². The van der Waals surface area contributed by atoms with E-state index in [4.69, 9.17) is 0 Å². The van der Waals surface area contributed by atoms with E-state index >= 15 is 0 Å². The Labute approximate surface area is 101 Å². The van der Waals surface area contributed by atoms with Gasteiger partial charge in [-0.2, -0.15) is 0 Å². The second-order valence-corrected chi connectivity index (χ2v) is 5.92. The Balaban J connectivity index is 2.89. The average Bonchev–Trinajstić information content (AvgIpc) is 2.24. The van der Waals surface area contributed by atoms with Crippen molar-refractivity contribution in [1.82, 2.24) is 10.2 Å². The molecule has 0 spiro atoms. The van der Waals surface area contributed by atoms with Gasteiger partial charge in [0.05, 0.1) is 4.90 Å². The van der Waals surface area contributed by atoms with Gasteiger partial charge in [0.25, 0.3) is 0 Å². The van der Waals surface area contributed by atoms with Crippen LogP contribution >= 0.6 is 0 Å². The Hall–Kier alpha value is -1.56. The van der Waals surface area contributed by atoms with Crippen LogP contribution in [0.15, 0.2) is 29.2 Å². The number of nitrogens with one attached hydrogen (secondary N) is 1. The minimum Gasteiger partial charge on any atom is -0.334 e. The molecule has 0 saturated carbocycles. The Morgan fingerprint density at radius 3 is 2.41 bits per heavy atom. The first-order valence-corrected chi connectivity index (χ1v) is 6.94. The molecule has 0 aliphatic heterocycles. The van der Waals surface area contributed by atoms with Gasteiger partial charge in [-0.15, -0.1) is 0 Å². The molecule has 1 aromatic rings. The van der Waals surface area contributed by atoms with Gasteiger partial charge in [-0.1, -0.05) is 18.2 Å². The molecule has 0 aliphatic carbocycles. The Morgan fingerprint density at radius 2 is 1.88 bits per heavy atom. The first-order valence-electron chi connectivity index (χ1n) is 5.05. The summed E-state index contributed by atoms with van der Waals surface area (Å²) in [5.41, 5.74) is 0.588. The molecule has 0 radical (unpaired) electrons. The monoisotopic (exact) mass is 256 g/mol. The summed E-state index contributed by atoms with van der Waals surface area (Å²) in [7, 11) is -0.0209. The number of sulfone groups is 1. The lowest BCUT2D eigenvalue weighted by Gasteiger charge is -2.13. The zero-order valence-electron chi connectivity index (χ0n) is 10.1. The second kappa shape index (κ2) is 5.18. The van der Waals surface area contributed by atoms with Crippen molar-refractivity contribution in [2.45, 2.75) is 11.4 Å². The van der Waals surface area contributed by atoms with Crippen molar-refractivity contribution in [3.63, 3.8) is 0 Å². The van der Waals surface area contributed by atoms with Crippen LogP contribution in [0.5, 0.6) is 0 Å². The maximum atomic E-state index is 11.5. The van der Waals surface area contributed by atoms with Crippen LogP contribution in [-0.4, -0.2) is 39.7 Å². The molecule has 6 heteroatoms. The smallest absolute Gasteiger partial charge is 0.317 e. The molecule has 2 amide bonds. The average molecular weight is 256 g/mol. The molecule has 17 heavy (non-hydrogen) atoms. The molecule has 1 rings (SSSR count). The normalized spacial score (nSPS) is 11.0. The van der Waals surface area contributed by atoms with Gasteiger partial charge in [-0.3, -0.25) is 0 Å². The van der Waals surface area contributed by atoms with Crippen LogP contribution in [0.2, 0.25) is 0 Å². The van der Waals surface area contributed by atoms with Gasteiger partial charge >= 0.3 is 6.03 Å². The van der Waals surface area contributed by atoms with Crippen molar-refractivity contribution in [3.05, 3.63) is 29.8 Å². The largest absolute Gasteiger partial charge is 0.334 e. The predicted molar refractivity (Wildman–Crippen MR) is 65.5 cm³/mol. The second-order valence-electron chi connectivity index (χ2n) is 3.93. The van der Waals surface area contributed by atoms with Gasteiger partial charge in [-0.05, 0) is 11.6 Å². The van der Waals surface area contributed by atoms with E-state index in [1.807, 2.05) is 0 Å². The van der Waals surface area contributed by atoms with E-state index in [1.54, 1.807) is 32.3 Å². The van der Waals surface area contributed by atoms with Gasteiger partial charge in [0.2, 0.25) is 0 Å². The van der Waals surface area contributed by atoms with Gasteiger partial charge < -0.3 is 10.2 Å². The lowest BCUT2D eigenvalue weighted by Crippen LogP contribution is -2.34. The van der Waals surface area contributed by atoms with Crippen LogP contribution in [0, 0.1) is 0 Å². The molecule has 94 valence electrons. The number of amides is 2. The van der Waals surface area contributed by atoms with Crippen molar-refractivity contribution in [1.29, 1.82) is 0 Å². The van der Waals surface area contributed by atoms with Crippen molar-refractivity contribution in [3.8, 4) is 0 Å². The lowest BCUT2D eigenvalue weighted by molar-refractivity contribution is 0.217. The van der Waals surface area contributed by atoms with Crippen LogP contribution in [0.25, 0.3) is 0 Å². The van der Waals surface area contributed by atoms with Crippen LogP contribution in [0.4, 0.5) is 4.79 Å². The molecule has 1 N–H and O–H groups in total. The van der Waals surface area contributed by atoms with Crippen LogP contribution in [0.1, 0.15) is 5.56 Å². The number of rotatable bonds is 3. The molecule has 0 heterocycles. The van der Waals surface area contributed by atoms with E-state index in [-0.39, 0.29) is 17.5 Å². The minimum atomic E-state index is -3.27. The first-order chi connectivity index (χ1) is 7.82. The van der Waals surface area contributed by atoms with E-state index in [0.29, 0.717) is 5.56 Å². The van der Waals surface area contributed by atoms with E-state index < -0.39 is 9.84 Å². The highest BCUT2D eigenvalue weighted by Gasteiger charge is 2.13. The molecule has 1 aromatic carbocycles. The molecule has 0 unspecified atom stereocenters. The highest BCUT2D eigenvalue weighted by Crippen LogP contribution is 2.14. The SMILES string of the molecule is CN(C)C(=O)NCc1ccccc1S(C)(=O)=O. The van der Waals surface area contributed by atoms with Crippen LogP contribution in [-0.2, 0) is 16.4 Å². The van der Waals surface area contributed by atoms with Gasteiger partial charge in [-0.25, -0.2) is 13.2 Å². The number of hydrogen-bond acceptors (Lipinski definition) is 3. The summed E-state index contributed by atoms with van der Waals surface area (Å²) in [6.45, 7) is 0.195. The van der Waals surface area contributed by atoms with E-state index in [1.165, 1.54) is 11.0 Å². The number of hydrogen-bond donors (Lipinski definition) is 1. The molecule has 0 atom stereocenters. The molecule has 5 nitrogen and oxygen atoms in total. The zero-order valence-corrected chi connectivity index (χ0v) is 10.9. The maximum Gasteiger partial charge on any atom is 0.317 e. The third-order valence-corrected chi connectivity index (χ3v) is 3.41. The highest BCUT2D eigenvalue weighted by molar-refractivity contribution is 7.90. The van der Waals surface area contributed by atoms with E-state index in [2.05, 4.69) is 5.32 Å². The Kier molecular flexibility index (Phi) is 4.11. The van der Waals surface area contributed by atoms with E-state index in [9.17, 15) is 13.2 Å². The molecule has 0 bridgehead atoms. The molecule has 0 fully saturated rings. The third-order valence-electron chi connectivity index (χ3n) is 2.21. The molecule has 0 aromatic heterocycles. The lowest BCUT2D eigenvalue weighted by atomic mass is 10.2. The van der Waals surface area contributed by atoms with Gasteiger partial charge in [0.15, 0.2) is 9.84 Å². The maximum absolute atomic E-state index is 11.5. The summed E-state index contributed by atoms with van der Waals surface area (Å²) in [5.74, 6) is 0.